The first kappa shape index (κ1) is 14.7. The summed E-state index contributed by atoms with van der Waals surface area (Å²) in [5, 5.41) is 7.72. The molecule has 2 aliphatic rings. The van der Waals surface area contributed by atoms with Crippen molar-refractivity contribution in [1.29, 1.82) is 0 Å². The Kier molecular flexibility index (Phi) is 3.04. The summed E-state index contributed by atoms with van der Waals surface area (Å²) in [5.41, 5.74) is 3.63. The molecule has 3 aromatic rings. The highest BCUT2D eigenvalue weighted by atomic mass is 16.2. The Balaban J connectivity index is 1.40. The zero-order valence-electron chi connectivity index (χ0n) is 14.2. The van der Waals surface area contributed by atoms with Gasteiger partial charge in [0.05, 0.1) is 11.9 Å². The fourth-order valence-electron chi connectivity index (χ4n) is 3.73. The van der Waals surface area contributed by atoms with Crippen LogP contribution in [0, 0.1) is 5.41 Å². The summed E-state index contributed by atoms with van der Waals surface area (Å²) in [5.74, 6) is 0.100. The van der Waals surface area contributed by atoms with Gasteiger partial charge < -0.3 is 9.88 Å². The number of nitrogens with zero attached hydrogens (tertiary/aromatic N) is 3. The lowest BCUT2D eigenvalue weighted by Gasteiger charge is -2.42. The first-order chi connectivity index (χ1) is 12.1. The number of aromatic nitrogens is 4. The second-order valence-electron chi connectivity index (χ2n) is 7.76. The Bertz CT molecular complexity index is 938. The molecule has 5 rings (SSSR count). The van der Waals surface area contributed by atoms with Crippen molar-refractivity contribution >= 4 is 16.9 Å². The highest BCUT2D eigenvalue weighted by Gasteiger charge is 2.44. The van der Waals surface area contributed by atoms with Gasteiger partial charge in [0.15, 0.2) is 0 Å². The molecule has 0 radical (unpaired) electrons. The third-order valence-corrected chi connectivity index (χ3v) is 5.74. The molecule has 4 heterocycles. The standard InChI is InChI=1S/C19H21N5O/c1-19(5-6-19)9-14-4-7-24(14)18(25)16-8-12-2-3-15(22-17(12)23-16)13-10-20-21-11-13/h2-3,8,10-11,14H,4-7,9H2,1H3,(H,20,21)(H,22,23)/t14-/m1/s1. The van der Waals surface area contributed by atoms with Gasteiger partial charge in [-0.2, -0.15) is 5.10 Å². The van der Waals surface area contributed by atoms with Gasteiger partial charge in [0.25, 0.3) is 5.91 Å². The molecule has 6 heteroatoms. The molecule has 25 heavy (non-hydrogen) atoms. The SMILES string of the molecule is CC1(C[C@H]2CCN2C(=O)c2cc3ccc(-c4cn[nH]c4)nc3[nH]2)CC1. The number of carbonyl (C=O) groups is 1. The number of hydrogen-bond donors (Lipinski definition) is 2. The molecule has 1 amide bonds. The summed E-state index contributed by atoms with van der Waals surface area (Å²) in [4.78, 5) is 22.7. The average molecular weight is 335 g/mol. The molecule has 3 aromatic heterocycles. The van der Waals surface area contributed by atoms with Crippen LogP contribution in [0.4, 0.5) is 0 Å². The lowest BCUT2D eigenvalue weighted by atomic mass is 9.90. The van der Waals surface area contributed by atoms with E-state index in [-0.39, 0.29) is 5.91 Å². The molecule has 2 N–H and O–H groups in total. The number of H-pyrrole nitrogens is 2. The van der Waals surface area contributed by atoms with Gasteiger partial charge >= 0.3 is 0 Å². The van der Waals surface area contributed by atoms with Crippen LogP contribution in [0.1, 0.15) is 43.1 Å². The number of amides is 1. The van der Waals surface area contributed by atoms with Crippen molar-refractivity contribution in [1.82, 2.24) is 25.1 Å². The Hall–Kier alpha value is -2.63. The van der Waals surface area contributed by atoms with Crippen LogP contribution in [0.25, 0.3) is 22.3 Å². The largest absolute Gasteiger partial charge is 0.335 e. The normalized spacial score (nSPS) is 21.3. The molecule has 0 bridgehead atoms. The zero-order chi connectivity index (χ0) is 17.0. The molecule has 0 unspecified atom stereocenters. The van der Waals surface area contributed by atoms with Crippen molar-refractivity contribution in [3.8, 4) is 11.3 Å². The van der Waals surface area contributed by atoms with Gasteiger partial charge in [-0.1, -0.05) is 6.92 Å². The number of aromatic amines is 2. The molecular weight excluding hydrogens is 314 g/mol. The van der Waals surface area contributed by atoms with Crippen molar-refractivity contribution in [2.75, 3.05) is 6.54 Å². The van der Waals surface area contributed by atoms with E-state index in [4.69, 9.17) is 0 Å². The summed E-state index contributed by atoms with van der Waals surface area (Å²) in [6.07, 6.45) is 8.43. The summed E-state index contributed by atoms with van der Waals surface area (Å²) in [6, 6.07) is 6.27. The van der Waals surface area contributed by atoms with Crippen LogP contribution >= 0.6 is 0 Å². The maximum atomic E-state index is 12.9. The van der Waals surface area contributed by atoms with Gasteiger partial charge in [0.1, 0.15) is 11.3 Å². The van der Waals surface area contributed by atoms with Crippen LogP contribution < -0.4 is 0 Å². The molecule has 128 valence electrons. The maximum absolute atomic E-state index is 12.9. The van der Waals surface area contributed by atoms with E-state index in [1.807, 2.05) is 29.3 Å². The van der Waals surface area contributed by atoms with Gasteiger partial charge in [-0.15, -0.1) is 0 Å². The Morgan fingerprint density at radius 2 is 2.28 bits per heavy atom. The summed E-state index contributed by atoms with van der Waals surface area (Å²) >= 11 is 0. The Morgan fingerprint density at radius 1 is 1.40 bits per heavy atom. The monoisotopic (exact) mass is 335 g/mol. The van der Waals surface area contributed by atoms with E-state index in [1.165, 1.54) is 12.8 Å². The minimum atomic E-state index is 0.100. The van der Waals surface area contributed by atoms with Crippen molar-refractivity contribution in [2.45, 2.75) is 38.6 Å². The summed E-state index contributed by atoms with van der Waals surface area (Å²) in [7, 11) is 0. The number of nitrogens with one attached hydrogen (secondary N) is 2. The van der Waals surface area contributed by atoms with Crippen molar-refractivity contribution < 1.29 is 4.79 Å². The quantitative estimate of drug-likeness (QED) is 0.767. The fourth-order valence-corrected chi connectivity index (χ4v) is 3.73. The lowest BCUT2D eigenvalue weighted by Crippen LogP contribution is -2.52. The predicted molar refractivity (Wildman–Crippen MR) is 95.1 cm³/mol. The number of carbonyl (C=O) groups excluding carboxylic acids is 1. The van der Waals surface area contributed by atoms with E-state index in [2.05, 4.69) is 27.1 Å². The minimum Gasteiger partial charge on any atom is -0.335 e. The molecule has 2 fully saturated rings. The zero-order valence-corrected chi connectivity index (χ0v) is 14.2. The van der Waals surface area contributed by atoms with Gasteiger partial charge in [0.2, 0.25) is 0 Å². The van der Waals surface area contributed by atoms with Crippen LogP contribution in [-0.4, -0.2) is 43.6 Å². The number of pyridine rings is 1. The van der Waals surface area contributed by atoms with E-state index < -0.39 is 0 Å². The topological polar surface area (TPSA) is 77.7 Å². The van der Waals surface area contributed by atoms with Gasteiger partial charge in [-0.3, -0.25) is 9.89 Å². The highest BCUT2D eigenvalue weighted by molar-refractivity contribution is 5.98. The average Bonchev–Trinajstić information content (AvgIpc) is 3.03. The van der Waals surface area contributed by atoms with Crippen LogP contribution in [-0.2, 0) is 0 Å². The predicted octanol–water partition coefficient (Wildman–Crippen LogP) is 3.36. The van der Waals surface area contributed by atoms with Gasteiger partial charge in [-0.25, -0.2) is 4.98 Å². The molecular formula is C19H21N5O. The molecule has 1 saturated heterocycles. The number of hydrogen-bond acceptors (Lipinski definition) is 3. The third-order valence-electron chi connectivity index (χ3n) is 5.74. The second-order valence-corrected chi connectivity index (χ2v) is 7.76. The molecule has 0 aromatic carbocycles. The van der Waals surface area contributed by atoms with E-state index in [0.29, 0.717) is 17.2 Å². The van der Waals surface area contributed by atoms with Crippen molar-refractivity contribution in [3.63, 3.8) is 0 Å². The minimum absolute atomic E-state index is 0.100. The number of fused-ring (bicyclic) bond motifs is 1. The van der Waals surface area contributed by atoms with Gasteiger partial charge in [-0.05, 0) is 49.3 Å². The molecule has 1 aliphatic heterocycles. The molecule has 1 saturated carbocycles. The molecule has 6 nitrogen and oxygen atoms in total. The number of rotatable bonds is 4. The first-order valence-electron chi connectivity index (χ1n) is 8.91. The van der Waals surface area contributed by atoms with Crippen LogP contribution in [0.2, 0.25) is 0 Å². The lowest BCUT2D eigenvalue weighted by molar-refractivity contribution is 0.0394. The third kappa shape index (κ3) is 2.52. The van der Waals surface area contributed by atoms with Gasteiger partial charge in [0, 0.05) is 29.7 Å². The molecule has 1 aliphatic carbocycles. The molecule has 1 atom stereocenters. The van der Waals surface area contributed by atoms with E-state index in [0.717, 1.165) is 41.7 Å². The maximum Gasteiger partial charge on any atom is 0.270 e. The van der Waals surface area contributed by atoms with Crippen molar-refractivity contribution in [2.24, 2.45) is 5.41 Å². The van der Waals surface area contributed by atoms with Crippen LogP contribution in [0.15, 0.2) is 30.6 Å². The number of likely N-dealkylation sites (tertiary alicyclic amines) is 1. The second kappa shape index (κ2) is 5.18. The van der Waals surface area contributed by atoms with E-state index in [9.17, 15) is 4.79 Å². The first-order valence-corrected chi connectivity index (χ1v) is 8.91. The summed E-state index contributed by atoms with van der Waals surface area (Å²) in [6.45, 7) is 3.20. The van der Waals surface area contributed by atoms with Crippen LogP contribution in [0.3, 0.4) is 0 Å². The van der Waals surface area contributed by atoms with E-state index in [1.54, 1.807) is 6.20 Å². The highest BCUT2D eigenvalue weighted by Crippen LogP contribution is 2.51. The Morgan fingerprint density at radius 3 is 2.96 bits per heavy atom. The van der Waals surface area contributed by atoms with Crippen molar-refractivity contribution in [3.05, 3.63) is 36.3 Å². The smallest absolute Gasteiger partial charge is 0.270 e. The van der Waals surface area contributed by atoms with E-state index >= 15 is 0 Å². The molecule has 0 spiro atoms. The van der Waals surface area contributed by atoms with Crippen LogP contribution in [0.5, 0.6) is 0 Å². The summed E-state index contributed by atoms with van der Waals surface area (Å²) < 4.78 is 0. The fraction of sp³-hybridized carbons (Fsp3) is 0.421. The Labute approximate surface area is 145 Å².